The summed E-state index contributed by atoms with van der Waals surface area (Å²) in [6.07, 6.45) is -2.26. The van der Waals surface area contributed by atoms with E-state index in [9.17, 15) is 13.2 Å². The fourth-order valence-electron chi connectivity index (χ4n) is 1.66. The number of tetrazole rings is 1. The summed E-state index contributed by atoms with van der Waals surface area (Å²) in [5.74, 6) is -1.29. The number of hydrogen-bond acceptors (Lipinski definition) is 6. The maximum Gasteiger partial charge on any atom is 0.453 e. The minimum Gasteiger partial charge on any atom is -0.400 e. The molecule has 0 saturated heterocycles. The lowest BCUT2D eigenvalue weighted by Crippen LogP contribution is -2.22. The van der Waals surface area contributed by atoms with E-state index in [4.69, 9.17) is 52.1 Å². The fourth-order valence-corrected chi connectivity index (χ4v) is 2.11. The molecule has 2 aromatic rings. The molecule has 0 atom stereocenters. The largest absolute Gasteiger partial charge is 0.453 e. The van der Waals surface area contributed by atoms with E-state index in [1.165, 1.54) is 12.3 Å². The van der Waals surface area contributed by atoms with Crippen molar-refractivity contribution in [1.82, 2.24) is 25.2 Å². The van der Waals surface area contributed by atoms with E-state index in [0.29, 0.717) is 4.68 Å². The predicted molar refractivity (Wildman–Crippen MR) is 91.7 cm³/mol. The van der Waals surface area contributed by atoms with Crippen molar-refractivity contribution in [3.63, 3.8) is 0 Å². The van der Waals surface area contributed by atoms with Gasteiger partial charge in [-0.1, -0.05) is 46.4 Å². The zero-order valence-electron chi connectivity index (χ0n) is 12.4. The first kappa shape index (κ1) is 20.7. The molecule has 2 rings (SSSR count). The van der Waals surface area contributed by atoms with Gasteiger partial charge in [-0.25, -0.2) is 14.7 Å². The van der Waals surface area contributed by atoms with E-state index in [0.717, 1.165) is 6.08 Å². The van der Waals surface area contributed by atoms with E-state index < -0.39 is 22.3 Å². The molecular formula is C12H8Cl4F3N7. The van der Waals surface area contributed by atoms with Crippen molar-refractivity contribution in [2.45, 2.75) is 16.5 Å². The molecule has 0 fully saturated rings. The van der Waals surface area contributed by atoms with Gasteiger partial charge in [0, 0.05) is 11.9 Å². The van der Waals surface area contributed by atoms with Crippen LogP contribution >= 0.6 is 46.4 Å². The van der Waals surface area contributed by atoms with Crippen LogP contribution in [0, 0.1) is 0 Å². The van der Waals surface area contributed by atoms with Gasteiger partial charge in [-0.15, -0.1) is 5.10 Å². The molecule has 0 unspecified atom stereocenters. The molecule has 2 heterocycles. The number of rotatable bonds is 4. The number of hydrogen-bond donors (Lipinski definition) is 1. The Bertz CT molecular complexity index is 842. The number of aromatic nitrogens is 5. The van der Waals surface area contributed by atoms with Crippen molar-refractivity contribution in [2.75, 3.05) is 0 Å². The maximum atomic E-state index is 12.8. The summed E-state index contributed by atoms with van der Waals surface area (Å²) in [5, 5.41) is 9.28. The highest BCUT2D eigenvalue weighted by Crippen LogP contribution is 2.32. The second kappa shape index (κ2) is 7.95. The van der Waals surface area contributed by atoms with E-state index in [2.05, 4.69) is 25.5 Å². The van der Waals surface area contributed by atoms with Crippen LogP contribution in [-0.2, 0) is 12.7 Å². The number of aliphatic imine (C=N–C) groups is 1. The Labute approximate surface area is 164 Å². The van der Waals surface area contributed by atoms with Crippen LogP contribution in [0.1, 0.15) is 5.82 Å². The maximum absolute atomic E-state index is 12.8. The van der Waals surface area contributed by atoms with Gasteiger partial charge in [0.25, 0.3) is 5.82 Å². The normalized spacial score (nSPS) is 14.0. The average molecular weight is 449 g/mol. The highest BCUT2D eigenvalue weighted by atomic mass is 35.6. The van der Waals surface area contributed by atoms with Gasteiger partial charge < -0.3 is 5.73 Å². The molecule has 0 bridgehead atoms. The van der Waals surface area contributed by atoms with Crippen LogP contribution in [0.5, 0.6) is 0 Å². The third kappa shape index (κ3) is 5.44. The van der Waals surface area contributed by atoms with Gasteiger partial charge in [0.2, 0.25) is 3.79 Å². The Balaban J connectivity index is 2.37. The number of allylic oxidation sites excluding steroid dienone is 2. The van der Waals surface area contributed by atoms with Gasteiger partial charge in [-0.2, -0.15) is 13.2 Å². The van der Waals surface area contributed by atoms with Crippen LogP contribution in [0.3, 0.4) is 0 Å². The number of alkyl halides is 6. The topological polar surface area (TPSA) is 94.9 Å². The minimum absolute atomic E-state index is 0.0398. The lowest BCUT2D eigenvalue weighted by Gasteiger charge is -2.13. The number of nitrogens with two attached hydrogens (primary N) is 1. The van der Waals surface area contributed by atoms with Crippen LogP contribution < -0.4 is 5.73 Å². The Kier molecular flexibility index (Phi) is 6.33. The molecule has 2 N–H and O–H groups in total. The van der Waals surface area contributed by atoms with Crippen LogP contribution in [0.15, 0.2) is 35.1 Å². The molecular weight excluding hydrogens is 441 g/mol. The van der Waals surface area contributed by atoms with Crippen molar-refractivity contribution >= 4 is 57.9 Å². The molecule has 26 heavy (non-hydrogen) atoms. The Morgan fingerprint density at radius 2 is 2.00 bits per heavy atom. The molecule has 0 radical (unpaired) electrons. The zero-order valence-corrected chi connectivity index (χ0v) is 15.4. The predicted octanol–water partition coefficient (Wildman–Crippen LogP) is 3.73. The molecule has 0 aliphatic heterocycles. The molecule has 140 valence electrons. The number of pyridine rings is 1. The van der Waals surface area contributed by atoms with Gasteiger partial charge in [0.15, 0.2) is 5.82 Å². The van der Waals surface area contributed by atoms with Crippen LogP contribution in [-0.4, -0.2) is 34.7 Å². The summed E-state index contributed by atoms with van der Waals surface area (Å²) in [5.41, 5.74) is 5.37. The lowest BCUT2D eigenvalue weighted by molar-refractivity contribution is -0.147. The van der Waals surface area contributed by atoms with E-state index in [-0.39, 0.29) is 22.2 Å². The Morgan fingerprint density at radius 3 is 2.58 bits per heavy atom. The third-order valence-corrected chi connectivity index (χ3v) is 3.57. The van der Waals surface area contributed by atoms with Crippen molar-refractivity contribution < 1.29 is 13.2 Å². The molecule has 0 spiro atoms. The standard InChI is InChI=1S/C12H8Cl4F3N7/c13-7-2-1-3-21-9(7)22-8(11(14,15)16)4-6(20)5-26-10(12(17,18)19)23-24-25-26/h1-4H,5,20H2/b6-4-,22-8-. The van der Waals surface area contributed by atoms with E-state index >= 15 is 0 Å². The first-order valence-corrected chi connectivity index (χ1v) is 8.05. The van der Waals surface area contributed by atoms with Crippen LogP contribution in [0.4, 0.5) is 19.0 Å². The highest BCUT2D eigenvalue weighted by molar-refractivity contribution is 6.77. The molecule has 7 nitrogen and oxygen atoms in total. The van der Waals surface area contributed by atoms with Gasteiger partial charge in [0.1, 0.15) is 0 Å². The summed E-state index contributed by atoms with van der Waals surface area (Å²) in [6, 6.07) is 3.07. The molecule has 0 saturated carbocycles. The summed E-state index contributed by atoms with van der Waals surface area (Å²) in [6.45, 7) is -0.516. The summed E-state index contributed by atoms with van der Waals surface area (Å²) in [7, 11) is 0. The van der Waals surface area contributed by atoms with E-state index in [1.54, 1.807) is 6.07 Å². The molecule has 0 aliphatic rings. The SMILES string of the molecule is N/C(=C\C(=N\c1ncccc1Cl)C(Cl)(Cl)Cl)Cn1nnnc1C(F)(F)F. The molecule has 2 aromatic heterocycles. The smallest absolute Gasteiger partial charge is 0.400 e. The Morgan fingerprint density at radius 1 is 1.31 bits per heavy atom. The fraction of sp³-hybridized carbons (Fsp3) is 0.250. The molecule has 14 heteroatoms. The quantitative estimate of drug-likeness (QED) is 0.568. The van der Waals surface area contributed by atoms with Crippen molar-refractivity contribution in [1.29, 1.82) is 0 Å². The molecule has 0 aliphatic carbocycles. The van der Waals surface area contributed by atoms with E-state index in [1.807, 2.05) is 0 Å². The monoisotopic (exact) mass is 447 g/mol. The van der Waals surface area contributed by atoms with Crippen LogP contribution in [0.25, 0.3) is 0 Å². The van der Waals surface area contributed by atoms with Gasteiger partial charge in [-0.05, 0) is 28.6 Å². The summed E-state index contributed by atoms with van der Waals surface area (Å²) in [4.78, 5) is 7.92. The molecule has 0 amide bonds. The van der Waals surface area contributed by atoms with Crippen molar-refractivity contribution in [2.24, 2.45) is 10.7 Å². The van der Waals surface area contributed by atoms with Gasteiger partial charge >= 0.3 is 6.18 Å². The Hall–Kier alpha value is -1.62. The highest BCUT2D eigenvalue weighted by Gasteiger charge is 2.38. The average Bonchev–Trinajstić information content (AvgIpc) is 2.96. The summed E-state index contributed by atoms with van der Waals surface area (Å²) < 4.78 is 36.8. The zero-order chi connectivity index (χ0) is 19.5. The number of halogens is 7. The van der Waals surface area contributed by atoms with Gasteiger partial charge in [0.05, 0.1) is 17.3 Å². The second-order valence-electron chi connectivity index (χ2n) is 4.68. The van der Waals surface area contributed by atoms with Crippen LogP contribution in [0.2, 0.25) is 5.02 Å². The van der Waals surface area contributed by atoms with Gasteiger partial charge in [-0.3, -0.25) is 0 Å². The summed E-state index contributed by atoms with van der Waals surface area (Å²) >= 11 is 23.4. The minimum atomic E-state index is -4.75. The second-order valence-corrected chi connectivity index (χ2v) is 7.37. The lowest BCUT2D eigenvalue weighted by atomic mass is 10.3. The van der Waals surface area contributed by atoms with Crippen molar-refractivity contribution in [3.05, 3.63) is 40.9 Å². The van der Waals surface area contributed by atoms with Crippen molar-refractivity contribution in [3.8, 4) is 0 Å². The first-order chi connectivity index (χ1) is 12.0. The molecule has 0 aromatic carbocycles. The third-order valence-electron chi connectivity index (χ3n) is 2.70. The number of nitrogens with zero attached hydrogens (tertiary/aromatic N) is 6. The first-order valence-electron chi connectivity index (χ1n) is 6.54.